The van der Waals surface area contributed by atoms with Crippen LogP contribution in [0, 0.1) is 6.92 Å². The number of hydrogen-bond donors (Lipinski definition) is 2. The molecule has 1 atom stereocenters. The molecule has 0 heterocycles. The Bertz CT molecular complexity index is 369. The Balaban J connectivity index is 2.96. The van der Waals surface area contributed by atoms with Gasteiger partial charge in [0.25, 0.3) is 0 Å². The Morgan fingerprint density at radius 3 is 2.53 bits per heavy atom. The predicted octanol–water partition coefficient (Wildman–Crippen LogP) is 1.27. The summed E-state index contributed by atoms with van der Waals surface area (Å²) in [6, 6.07) is 6.15. The molecule has 17 heavy (non-hydrogen) atoms. The molecule has 3 nitrogen and oxygen atoms in total. The van der Waals surface area contributed by atoms with Crippen LogP contribution in [0.25, 0.3) is 0 Å². The molecule has 0 fully saturated rings. The van der Waals surface area contributed by atoms with Gasteiger partial charge in [0.05, 0.1) is 0 Å². The van der Waals surface area contributed by atoms with Gasteiger partial charge in [0, 0.05) is 0 Å². The van der Waals surface area contributed by atoms with Crippen molar-refractivity contribution in [1.82, 2.24) is 0 Å². The van der Waals surface area contributed by atoms with Gasteiger partial charge in [-0.3, -0.25) is 0 Å². The Morgan fingerprint density at radius 2 is 2.00 bits per heavy atom. The molecule has 1 aromatic carbocycles. The Kier molecular flexibility index (Phi) is 4.54. The topological polar surface area (TPSA) is 57.1 Å². The van der Waals surface area contributed by atoms with E-state index in [2.05, 4.69) is 32.6 Å². The van der Waals surface area contributed by atoms with Crippen LogP contribution in [-0.4, -0.2) is 24.4 Å². The average Bonchev–Trinajstić information content (AvgIpc) is 2.25. The van der Waals surface area contributed by atoms with Gasteiger partial charge in [0.2, 0.25) is 0 Å². The lowest BCUT2D eigenvalue weighted by Crippen LogP contribution is -2.56. The molecule has 0 aromatic heterocycles. The molecule has 0 saturated heterocycles. The molecule has 96 valence electrons. The van der Waals surface area contributed by atoms with E-state index in [-0.39, 0.29) is 5.41 Å². The summed E-state index contributed by atoms with van der Waals surface area (Å²) >= 11 is 0. The average molecular weight is 238 g/mol. The lowest BCUT2D eigenvalue weighted by Gasteiger charge is -2.24. The van der Waals surface area contributed by atoms with Gasteiger partial charge in [-0.25, -0.2) is 0 Å². The van der Waals surface area contributed by atoms with E-state index in [0.29, 0.717) is 13.2 Å². The van der Waals surface area contributed by atoms with Crippen molar-refractivity contribution in [1.29, 1.82) is 0 Å². The molecule has 0 spiro atoms. The first kappa shape index (κ1) is 14.0. The fourth-order valence-corrected chi connectivity index (χ4v) is 1.70. The second-order valence-electron chi connectivity index (χ2n) is 5.46. The van der Waals surface area contributed by atoms with Crippen molar-refractivity contribution in [3.05, 3.63) is 29.3 Å². The Hall–Kier alpha value is -1.06. The summed E-state index contributed by atoms with van der Waals surface area (Å²) in [7, 11) is 0. The number of rotatable bonds is 4. The van der Waals surface area contributed by atoms with Crippen molar-refractivity contribution in [3.8, 4) is 5.75 Å². The van der Waals surface area contributed by atoms with Crippen LogP contribution in [0.2, 0.25) is 0 Å². The van der Waals surface area contributed by atoms with Crippen molar-refractivity contribution in [2.24, 2.45) is 0 Å². The van der Waals surface area contributed by atoms with Crippen molar-refractivity contribution < 1.29 is 15.6 Å². The number of quaternary nitrogens is 1. The maximum Gasteiger partial charge on any atom is 0.136 e. The molecular weight excluding hydrogens is 214 g/mol. The highest BCUT2D eigenvalue weighted by Gasteiger charge is 2.20. The second kappa shape index (κ2) is 5.52. The summed E-state index contributed by atoms with van der Waals surface area (Å²) in [5.41, 5.74) is 5.98. The van der Waals surface area contributed by atoms with E-state index in [1.807, 2.05) is 19.1 Å². The third-order valence-corrected chi connectivity index (χ3v) is 2.77. The van der Waals surface area contributed by atoms with E-state index in [4.69, 9.17) is 4.74 Å². The van der Waals surface area contributed by atoms with Crippen LogP contribution >= 0.6 is 0 Å². The number of benzene rings is 1. The minimum atomic E-state index is -0.498. The first-order valence-corrected chi connectivity index (χ1v) is 6.06. The smallest absolute Gasteiger partial charge is 0.136 e. The molecule has 0 aliphatic carbocycles. The molecule has 0 amide bonds. The van der Waals surface area contributed by atoms with Crippen LogP contribution in [0.3, 0.4) is 0 Å². The second-order valence-corrected chi connectivity index (χ2v) is 5.46. The number of aliphatic hydroxyl groups excluding tert-OH is 1. The summed E-state index contributed by atoms with van der Waals surface area (Å²) in [5.74, 6) is 0.896. The maximum absolute atomic E-state index is 9.52. The standard InChI is InChI=1S/C14H23NO2/c1-10-6-5-7-12(14(2,3)4)13(10)17-9-11(16)8-15/h5-7,11,16H,8-9,15H2,1-4H3/p+1/t11-/m1/s1. The minimum absolute atomic E-state index is 0.0385. The van der Waals surface area contributed by atoms with Gasteiger partial charge in [-0.2, -0.15) is 0 Å². The number of ether oxygens (including phenoxy) is 1. The Labute approximate surface area is 104 Å². The van der Waals surface area contributed by atoms with Gasteiger partial charge in [-0.1, -0.05) is 39.0 Å². The fraction of sp³-hybridized carbons (Fsp3) is 0.571. The SMILES string of the molecule is Cc1cccc(C(C)(C)C)c1OC[C@H](O)C[NH3+]. The first-order chi connectivity index (χ1) is 7.86. The molecule has 1 rings (SSSR count). The van der Waals surface area contributed by atoms with Gasteiger partial charge in [-0.15, -0.1) is 0 Å². The van der Waals surface area contributed by atoms with Crippen molar-refractivity contribution in [2.75, 3.05) is 13.2 Å². The van der Waals surface area contributed by atoms with Gasteiger partial charge in [-0.05, 0) is 23.5 Å². The zero-order chi connectivity index (χ0) is 13.1. The van der Waals surface area contributed by atoms with Crippen LogP contribution < -0.4 is 10.5 Å². The lowest BCUT2D eigenvalue weighted by atomic mass is 9.85. The highest BCUT2D eigenvalue weighted by molar-refractivity contribution is 5.44. The molecule has 0 unspecified atom stereocenters. The molecule has 4 N–H and O–H groups in total. The van der Waals surface area contributed by atoms with Crippen LogP contribution in [0.15, 0.2) is 18.2 Å². The van der Waals surface area contributed by atoms with Gasteiger partial charge in [0.1, 0.15) is 25.0 Å². The van der Waals surface area contributed by atoms with Crippen molar-refractivity contribution in [2.45, 2.75) is 39.2 Å². The van der Waals surface area contributed by atoms with Crippen LogP contribution in [-0.2, 0) is 5.41 Å². The zero-order valence-electron chi connectivity index (χ0n) is 11.3. The highest BCUT2D eigenvalue weighted by Crippen LogP contribution is 2.33. The fourth-order valence-electron chi connectivity index (χ4n) is 1.70. The van der Waals surface area contributed by atoms with E-state index < -0.39 is 6.10 Å². The number of aliphatic hydroxyl groups is 1. The summed E-state index contributed by atoms with van der Waals surface area (Å²) < 4.78 is 5.76. The van der Waals surface area contributed by atoms with Gasteiger partial charge < -0.3 is 15.6 Å². The third-order valence-electron chi connectivity index (χ3n) is 2.77. The number of aryl methyl sites for hydroxylation is 1. The summed E-state index contributed by atoms with van der Waals surface area (Å²) in [6.45, 7) is 9.28. The normalized spacial score (nSPS) is 13.5. The molecule has 0 bridgehead atoms. The lowest BCUT2D eigenvalue weighted by molar-refractivity contribution is -0.384. The van der Waals surface area contributed by atoms with E-state index in [0.717, 1.165) is 11.3 Å². The quantitative estimate of drug-likeness (QED) is 0.830. The summed E-state index contributed by atoms with van der Waals surface area (Å²) in [4.78, 5) is 0. The molecule has 3 heteroatoms. The summed E-state index contributed by atoms with van der Waals surface area (Å²) in [5, 5.41) is 9.52. The van der Waals surface area contributed by atoms with Gasteiger partial charge >= 0.3 is 0 Å². The summed E-state index contributed by atoms with van der Waals surface area (Å²) in [6.07, 6.45) is -0.498. The van der Waals surface area contributed by atoms with E-state index in [1.54, 1.807) is 0 Å². The maximum atomic E-state index is 9.52. The molecule has 1 aromatic rings. The molecule has 0 saturated carbocycles. The van der Waals surface area contributed by atoms with Crippen LogP contribution in [0.5, 0.6) is 5.75 Å². The monoisotopic (exact) mass is 238 g/mol. The van der Waals surface area contributed by atoms with Crippen LogP contribution in [0.4, 0.5) is 0 Å². The molecule has 0 aliphatic rings. The highest BCUT2D eigenvalue weighted by atomic mass is 16.5. The van der Waals surface area contributed by atoms with Gasteiger partial charge in [0.15, 0.2) is 0 Å². The van der Waals surface area contributed by atoms with E-state index >= 15 is 0 Å². The van der Waals surface area contributed by atoms with E-state index in [1.165, 1.54) is 5.56 Å². The molecule has 0 aliphatic heterocycles. The molecular formula is C14H24NO2+. The van der Waals surface area contributed by atoms with Crippen molar-refractivity contribution >= 4 is 0 Å². The van der Waals surface area contributed by atoms with Crippen LogP contribution in [0.1, 0.15) is 31.9 Å². The minimum Gasteiger partial charge on any atom is -0.490 e. The van der Waals surface area contributed by atoms with E-state index in [9.17, 15) is 5.11 Å². The largest absolute Gasteiger partial charge is 0.490 e. The third kappa shape index (κ3) is 3.72. The Morgan fingerprint density at radius 1 is 1.35 bits per heavy atom. The number of para-hydroxylation sites is 1. The molecule has 0 radical (unpaired) electrons. The predicted molar refractivity (Wildman–Crippen MR) is 69.1 cm³/mol. The zero-order valence-corrected chi connectivity index (χ0v) is 11.3. The van der Waals surface area contributed by atoms with Crippen molar-refractivity contribution in [3.63, 3.8) is 0 Å². The number of hydrogen-bond acceptors (Lipinski definition) is 2. The first-order valence-electron chi connectivity index (χ1n) is 6.06.